The van der Waals surface area contributed by atoms with E-state index in [9.17, 15) is 4.79 Å². The molecule has 0 aromatic heterocycles. The summed E-state index contributed by atoms with van der Waals surface area (Å²) in [5, 5.41) is 3.89. The number of anilines is 1. The van der Waals surface area contributed by atoms with E-state index < -0.39 is 0 Å². The summed E-state index contributed by atoms with van der Waals surface area (Å²) >= 11 is 13.4. The van der Waals surface area contributed by atoms with E-state index in [4.69, 9.17) is 27.9 Å². The van der Waals surface area contributed by atoms with Gasteiger partial charge in [0.2, 0.25) is 5.91 Å². The van der Waals surface area contributed by atoms with Gasteiger partial charge in [0, 0.05) is 10.6 Å². The molecule has 0 bridgehead atoms. The van der Waals surface area contributed by atoms with E-state index in [0.717, 1.165) is 5.75 Å². The van der Waals surface area contributed by atoms with Crippen LogP contribution in [0.4, 0.5) is 5.69 Å². The molecular weight excluding hydrogens is 329 g/mol. The van der Waals surface area contributed by atoms with E-state index in [0.29, 0.717) is 20.6 Å². The van der Waals surface area contributed by atoms with Crippen molar-refractivity contribution in [2.75, 3.05) is 18.2 Å². The molecule has 0 aliphatic heterocycles. The highest BCUT2D eigenvalue weighted by molar-refractivity contribution is 8.00. The standard InChI is InChI=1S/C15H13Cl2NO2S/c1-20-11-7-5-10(6-8-11)18-14(19)9-21-15-12(16)3-2-4-13(15)17/h2-8H,9H2,1H3,(H,18,19). The minimum Gasteiger partial charge on any atom is -0.497 e. The highest BCUT2D eigenvalue weighted by atomic mass is 35.5. The number of hydrogen-bond donors (Lipinski definition) is 1. The maximum atomic E-state index is 11.9. The number of nitrogens with one attached hydrogen (secondary N) is 1. The average molecular weight is 342 g/mol. The first kappa shape index (κ1) is 16.0. The molecule has 0 unspecified atom stereocenters. The van der Waals surface area contributed by atoms with E-state index in [2.05, 4.69) is 5.32 Å². The number of rotatable bonds is 5. The van der Waals surface area contributed by atoms with Crippen molar-refractivity contribution in [1.29, 1.82) is 0 Å². The minimum absolute atomic E-state index is 0.124. The number of carbonyl (C=O) groups excluding carboxylic acids is 1. The van der Waals surface area contributed by atoms with E-state index in [-0.39, 0.29) is 11.7 Å². The van der Waals surface area contributed by atoms with Crippen LogP contribution >= 0.6 is 35.0 Å². The van der Waals surface area contributed by atoms with Crippen LogP contribution in [-0.2, 0) is 4.79 Å². The lowest BCUT2D eigenvalue weighted by molar-refractivity contribution is -0.113. The van der Waals surface area contributed by atoms with E-state index >= 15 is 0 Å². The fraction of sp³-hybridized carbons (Fsp3) is 0.133. The van der Waals surface area contributed by atoms with Gasteiger partial charge in [-0.05, 0) is 36.4 Å². The summed E-state index contributed by atoms with van der Waals surface area (Å²) in [7, 11) is 1.59. The summed E-state index contributed by atoms with van der Waals surface area (Å²) in [4.78, 5) is 12.6. The topological polar surface area (TPSA) is 38.3 Å². The summed E-state index contributed by atoms with van der Waals surface area (Å²) in [5.74, 6) is 0.849. The molecule has 0 fully saturated rings. The zero-order chi connectivity index (χ0) is 15.2. The van der Waals surface area contributed by atoms with Gasteiger partial charge in [-0.2, -0.15) is 0 Å². The quantitative estimate of drug-likeness (QED) is 0.798. The maximum Gasteiger partial charge on any atom is 0.234 e. The largest absolute Gasteiger partial charge is 0.497 e. The molecule has 0 heterocycles. The Morgan fingerprint density at radius 1 is 1.14 bits per heavy atom. The van der Waals surface area contributed by atoms with Crippen molar-refractivity contribution in [3.63, 3.8) is 0 Å². The third kappa shape index (κ3) is 4.56. The highest BCUT2D eigenvalue weighted by Crippen LogP contribution is 2.33. The van der Waals surface area contributed by atoms with Crippen molar-refractivity contribution < 1.29 is 9.53 Å². The van der Waals surface area contributed by atoms with E-state index in [1.54, 1.807) is 49.6 Å². The molecule has 2 aromatic carbocycles. The van der Waals surface area contributed by atoms with Crippen LogP contribution in [0.2, 0.25) is 10.0 Å². The lowest BCUT2D eigenvalue weighted by Gasteiger charge is -2.08. The van der Waals surface area contributed by atoms with Crippen LogP contribution in [0.1, 0.15) is 0 Å². The van der Waals surface area contributed by atoms with Gasteiger partial charge in [-0.25, -0.2) is 0 Å². The number of amides is 1. The molecule has 2 aromatic rings. The Morgan fingerprint density at radius 2 is 1.76 bits per heavy atom. The summed E-state index contributed by atoms with van der Waals surface area (Å²) in [6.45, 7) is 0. The SMILES string of the molecule is COc1ccc(NC(=O)CSc2c(Cl)cccc2Cl)cc1. The Kier molecular flexibility index (Phi) is 5.79. The van der Waals surface area contributed by atoms with Gasteiger partial charge in [0.05, 0.1) is 22.9 Å². The Bertz CT molecular complexity index is 612. The number of hydrogen-bond acceptors (Lipinski definition) is 3. The second-order valence-corrected chi connectivity index (χ2v) is 5.92. The van der Waals surface area contributed by atoms with Crippen LogP contribution in [0, 0.1) is 0 Å². The Morgan fingerprint density at radius 3 is 2.33 bits per heavy atom. The van der Waals surface area contributed by atoms with Crippen molar-refractivity contribution in [3.05, 3.63) is 52.5 Å². The molecule has 1 amide bonds. The Labute approximate surface area is 137 Å². The number of benzene rings is 2. The molecule has 2 rings (SSSR count). The van der Waals surface area contributed by atoms with Crippen molar-refractivity contribution in [1.82, 2.24) is 0 Å². The smallest absolute Gasteiger partial charge is 0.234 e. The summed E-state index contributed by atoms with van der Waals surface area (Å²) in [6.07, 6.45) is 0. The van der Waals surface area contributed by atoms with Gasteiger partial charge in [-0.15, -0.1) is 11.8 Å². The zero-order valence-corrected chi connectivity index (χ0v) is 13.6. The molecule has 0 saturated carbocycles. The van der Waals surface area contributed by atoms with E-state index in [1.165, 1.54) is 11.8 Å². The van der Waals surface area contributed by atoms with Crippen LogP contribution in [0.15, 0.2) is 47.4 Å². The molecule has 110 valence electrons. The average Bonchev–Trinajstić information content (AvgIpc) is 2.47. The first-order chi connectivity index (χ1) is 10.1. The molecule has 3 nitrogen and oxygen atoms in total. The second kappa shape index (κ2) is 7.59. The second-order valence-electron chi connectivity index (χ2n) is 4.12. The number of halogens is 2. The Hall–Kier alpha value is -1.36. The molecule has 0 aliphatic rings. The third-order valence-corrected chi connectivity index (χ3v) is 4.63. The first-order valence-electron chi connectivity index (χ1n) is 6.11. The minimum atomic E-state index is -0.124. The summed E-state index contributed by atoms with van der Waals surface area (Å²) in [5.41, 5.74) is 0.714. The number of ether oxygens (including phenoxy) is 1. The van der Waals surface area contributed by atoms with Crippen molar-refractivity contribution in [3.8, 4) is 5.75 Å². The van der Waals surface area contributed by atoms with Gasteiger partial charge >= 0.3 is 0 Å². The molecular formula is C15H13Cl2NO2S. The highest BCUT2D eigenvalue weighted by Gasteiger charge is 2.09. The van der Waals surface area contributed by atoms with Gasteiger partial charge in [-0.1, -0.05) is 29.3 Å². The van der Waals surface area contributed by atoms with Crippen molar-refractivity contribution in [2.45, 2.75) is 4.90 Å². The normalized spacial score (nSPS) is 10.2. The fourth-order valence-corrected chi connectivity index (χ4v) is 3.11. The van der Waals surface area contributed by atoms with Gasteiger partial charge < -0.3 is 10.1 Å². The molecule has 6 heteroatoms. The molecule has 0 saturated heterocycles. The molecule has 1 N–H and O–H groups in total. The Balaban J connectivity index is 1.92. The predicted octanol–water partition coefficient (Wildman–Crippen LogP) is 4.73. The molecule has 0 atom stereocenters. The van der Waals surface area contributed by atoms with Crippen LogP contribution in [-0.4, -0.2) is 18.8 Å². The number of thioether (sulfide) groups is 1. The number of carbonyl (C=O) groups is 1. The predicted molar refractivity (Wildman–Crippen MR) is 88.8 cm³/mol. The first-order valence-corrected chi connectivity index (χ1v) is 7.85. The van der Waals surface area contributed by atoms with E-state index in [1.807, 2.05) is 0 Å². The zero-order valence-electron chi connectivity index (χ0n) is 11.2. The molecule has 0 radical (unpaired) electrons. The van der Waals surface area contributed by atoms with Gasteiger partial charge in [0.25, 0.3) is 0 Å². The molecule has 0 aliphatic carbocycles. The lowest BCUT2D eigenvalue weighted by atomic mass is 10.3. The van der Waals surface area contributed by atoms with Crippen LogP contribution < -0.4 is 10.1 Å². The van der Waals surface area contributed by atoms with Crippen LogP contribution in [0.25, 0.3) is 0 Å². The maximum absolute atomic E-state index is 11.9. The lowest BCUT2D eigenvalue weighted by Crippen LogP contribution is -2.13. The van der Waals surface area contributed by atoms with Gasteiger partial charge in [-0.3, -0.25) is 4.79 Å². The fourth-order valence-electron chi connectivity index (χ4n) is 1.63. The summed E-state index contributed by atoms with van der Waals surface area (Å²) in [6, 6.07) is 12.4. The van der Waals surface area contributed by atoms with Gasteiger partial charge in [0.1, 0.15) is 5.75 Å². The molecule has 21 heavy (non-hydrogen) atoms. The van der Waals surface area contributed by atoms with Crippen LogP contribution in [0.3, 0.4) is 0 Å². The van der Waals surface area contributed by atoms with Crippen LogP contribution in [0.5, 0.6) is 5.75 Å². The molecule has 0 spiro atoms. The number of methoxy groups -OCH3 is 1. The monoisotopic (exact) mass is 341 g/mol. The summed E-state index contributed by atoms with van der Waals surface area (Å²) < 4.78 is 5.06. The van der Waals surface area contributed by atoms with Crippen molar-refractivity contribution in [2.24, 2.45) is 0 Å². The van der Waals surface area contributed by atoms with Crippen molar-refractivity contribution >= 4 is 46.6 Å². The van der Waals surface area contributed by atoms with Gasteiger partial charge in [0.15, 0.2) is 0 Å². The third-order valence-electron chi connectivity index (χ3n) is 2.64.